The van der Waals surface area contributed by atoms with Crippen molar-refractivity contribution >= 4 is 11.9 Å². The van der Waals surface area contributed by atoms with Crippen molar-refractivity contribution in [2.75, 3.05) is 6.54 Å². The van der Waals surface area contributed by atoms with Crippen molar-refractivity contribution in [3.05, 3.63) is 23.2 Å². The summed E-state index contributed by atoms with van der Waals surface area (Å²) in [4.78, 5) is 24.0. The predicted molar refractivity (Wildman–Crippen MR) is 52.5 cm³/mol. The maximum atomic E-state index is 11.6. The van der Waals surface area contributed by atoms with Crippen molar-refractivity contribution in [1.82, 2.24) is 10.2 Å². The third-order valence-corrected chi connectivity index (χ3v) is 2.54. The quantitative estimate of drug-likeness (QED) is 0.655. The Hall–Kier alpha value is -1.78. The topological polar surface area (TPSA) is 69.6 Å². The zero-order valence-corrected chi connectivity index (χ0v) is 8.41. The van der Waals surface area contributed by atoms with E-state index in [-0.39, 0.29) is 5.91 Å². The van der Waals surface area contributed by atoms with E-state index in [2.05, 4.69) is 5.32 Å². The summed E-state index contributed by atoms with van der Waals surface area (Å²) in [7, 11) is 0. The number of allylic oxidation sites excluding steroid dienone is 1. The third-order valence-electron chi connectivity index (χ3n) is 2.54. The molecule has 0 unspecified atom stereocenters. The molecule has 1 amide bonds. The number of carbonyl (C=O) groups is 2. The van der Waals surface area contributed by atoms with E-state index >= 15 is 0 Å². The number of nitrogens with zero attached hydrogens (tertiary/aromatic N) is 1. The van der Waals surface area contributed by atoms with Crippen LogP contribution in [0.3, 0.4) is 0 Å². The van der Waals surface area contributed by atoms with Crippen molar-refractivity contribution in [2.24, 2.45) is 0 Å². The molecule has 0 fully saturated rings. The maximum absolute atomic E-state index is 11.6. The number of amides is 1. The van der Waals surface area contributed by atoms with Crippen LogP contribution < -0.4 is 5.32 Å². The lowest BCUT2D eigenvalue weighted by molar-refractivity contribution is -0.133. The second kappa shape index (κ2) is 3.42. The zero-order chi connectivity index (χ0) is 11.0. The second-order valence-electron chi connectivity index (χ2n) is 3.68. The van der Waals surface area contributed by atoms with Crippen molar-refractivity contribution < 1.29 is 14.7 Å². The minimum Gasteiger partial charge on any atom is -0.478 e. The number of hydrogen-bond donors (Lipinski definition) is 2. The van der Waals surface area contributed by atoms with Crippen LogP contribution in [0, 0.1) is 0 Å². The molecule has 2 aliphatic heterocycles. The summed E-state index contributed by atoms with van der Waals surface area (Å²) in [5.41, 5.74) is 0.981. The highest BCUT2D eigenvalue weighted by molar-refractivity contribution is 5.94. The molecule has 0 aromatic heterocycles. The van der Waals surface area contributed by atoms with Crippen molar-refractivity contribution in [3.63, 3.8) is 0 Å². The molecule has 2 aliphatic rings. The highest BCUT2D eigenvalue weighted by Crippen LogP contribution is 2.24. The molecule has 0 radical (unpaired) electrons. The summed E-state index contributed by atoms with van der Waals surface area (Å²) in [5, 5.41) is 11.9. The molecule has 0 saturated heterocycles. The number of carboxylic acid groups (broad SMARTS) is 1. The lowest BCUT2D eigenvalue weighted by Gasteiger charge is -2.33. The first-order chi connectivity index (χ1) is 7.09. The fraction of sp³-hybridized carbons (Fsp3) is 0.400. The molecule has 0 bridgehead atoms. The maximum Gasteiger partial charge on any atom is 0.335 e. The number of fused-ring (bicyclic) bond motifs is 1. The molecule has 2 rings (SSSR count). The minimum absolute atomic E-state index is 0.139. The van der Waals surface area contributed by atoms with E-state index in [1.807, 2.05) is 0 Å². The largest absolute Gasteiger partial charge is 0.478 e. The highest BCUT2D eigenvalue weighted by atomic mass is 16.4. The first kappa shape index (κ1) is 9.76. The molecule has 0 aromatic carbocycles. The van der Waals surface area contributed by atoms with Gasteiger partial charge in [0.15, 0.2) is 0 Å². The van der Waals surface area contributed by atoms with E-state index in [9.17, 15) is 9.59 Å². The van der Waals surface area contributed by atoms with E-state index < -0.39 is 5.97 Å². The van der Waals surface area contributed by atoms with Crippen LogP contribution in [-0.2, 0) is 9.59 Å². The van der Waals surface area contributed by atoms with Gasteiger partial charge in [0.2, 0.25) is 0 Å². The van der Waals surface area contributed by atoms with Gasteiger partial charge in [-0.3, -0.25) is 9.69 Å². The number of carboxylic acids is 1. The standard InChI is InChI=1S/C10H12N2O3/c1-6-5-8(13)12-4-2-3-7(10(14)15)9(12)11-6/h5,11H,2-4H2,1H3,(H,14,15). The molecule has 0 saturated carbocycles. The third kappa shape index (κ3) is 1.60. The van der Waals surface area contributed by atoms with Gasteiger partial charge in [-0.25, -0.2) is 4.79 Å². The van der Waals surface area contributed by atoms with Crippen LogP contribution in [0.2, 0.25) is 0 Å². The van der Waals surface area contributed by atoms with Crippen LogP contribution in [0.25, 0.3) is 0 Å². The van der Waals surface area contributed by atoms with Crippen LogP contribution in [-0.4, -0.2) is 28.4 Å². The predicted octanol–water partition coefficient (Wildman–Crippen LogP) is 0.412. The van der Waals surface area contributed by atoms with Gasteiger partial charge < -0.3 is 10.4 Å². The minimum atomic E-state index is -0.954. The van der Waals surface area contributed by atoms with E-state index in [1.54, 1.807) is 6.92 Å². The average molecular weight is 208 g/mol. The molecule has 5 nitrogen and oxygen atoms in total. The fourth-order valence-electron chi connectivity index (χ4n) is 1.86. The van der Waals surface area contributed by atoms with Crippen LogP contribution in [0.4, 0.5) is 0 Å². The first-order valence-electron chi connectivity index (χ1n) is 4.83. The second-order valence-corrected chi connectivity index (χ2v) is 3.68. The molecule has 0 aromatic rings. The monoisotopic (exact) mass is 208 g/mol. The lowest BCUT2D eigenvalue weighted by atomic mass is 10.0. The molecular weight excluding hydrogens is 196 g/mol. The first-order valence-corrected chi connectivity index (χ1v) is 4.83. The van der Waals surface area contributed by atoms with Crippen LogP contribution in [0.1, 0.15) is 19.8 Å². The van der Waals surface area contributed by atoms with E-state index in [1.165, 1.54) is 11.0 Å². The average Bonchev–Trinajstić information content (AvgIpc) is 2.16. The lowest BCUT2D eigenvalue weighted by Crippen LogP contribution is -2.44. The van der Waals surface area contributed by atoms with Crippen LogP contribution >= 0.6 is 0 Å². The Morgan fingerprint density at radius 3 is 3.00 bits per heavy atom. The van der Waals surface area contributed by atoms with Gasteiger partial charge in [-0.15, -0.1) is 0 Å². The summed E-state index contributed by atoms with van der Waals surface area (Å²) < 4.78 is 0. The zero-order valence-electron chi connectivity index (χ0n) is 8.41. The number of nitrogens with one attached hydrogen (secondary N) is 1. The molecule has 0 atom stereocenters. The number of aliphatic carboxylic acids is 1. The van der Waals surface area contributed by atoms with Gasteiger partial charge in [0, 0.05) is 18.3 Å². The molecule has 0 aliphatic carbocycles. The Kier molecular flexibility index (Phi) is 2.22. The molecule has 15 heavy (non-hydrogen) atoms. The summed E-state index contributed by atoms with van der Waals surface area (Å²) >= 11 is 0. The summed E-state index contributed by atoms with van der Waals surface area (Å²) in [6.45, 7) is 2.33. The summed E-state index contributed by atoms with van der Waals surface area (Å²) in [6.07, 6.45) is 2.69. The summed E-state index contributed by atoms with van der Waals surface area (Å²) in [6, 6.07) is 0. The normalized spacial score (nSPS) is 20.7. The summed E-state index contributed by atoms with van der Waals surface area (Å²) in [5.74, 6) is -0.650. The Labute approximate surface area is 87.1 Å². The highest BCUT2D eigenvalue weighted by Gasteiger charge is 2.30. The molecular formula is C10H12N2O3. The van der Waals surface area contributed by atoms with Crippen molar-refractivity contribution in [1.29, 1.82) is 0 Å². The van der Waals surface area contributed by atoms with Gasteiger partial charge >= 0.3 is 5.97 Å². The van der Waals surface area contributed by atoms with Gasteiger partial charge in [-0.05, 0) is 19.8 Å². The SMILES string of the molecule is CC1=CC(=O)N2CCCC(C(=O)O)=C2N1. The van der Waals surface area contributed by atoms with Gasteiger partial charge in [-0.1, -0.05) is 0 Å². The van der Waals surface area contributed by atoms with Gasteiger partial charge in [0.1, 0.15) is 5.82 Å². The van der Waals surface area contributed by atoms with Gasteiger partial charge in [-0.2, -0.15) is 0 Å². The Morgan fingerprint density at radius 2 is 2.33 bits per heavy atom. The van der Waals surface area contributed by atoms with E-state index in [0.29, 0.717) is 36.5 Å². The number of hydrogen-bond acceptors (Lipinski definition) is 3. The van der Waals surface area contributed by atoms with Crippen molar-refractivity contribution in [2.45, 2.75) is 19.8 Å². The van der Waals surface area contributed by atoms with Gasteiger partial charge in [0.25, 0.3) is 5.91 Å². The fourth-order valence-corrected chi connectivity index (χ4v) is 1.86. The number of carbonyl (C=O) groups excluding carboxylic acids is 1. The number of rotatable bonds is 1. The molecule has 5 heteroatoms. The Morgan fingerprint density at radius 1 is 1.60 bits per heavy atom. The molecule has 2 N–H and O–H groups in total. The smallest absolute Gasteiger partial charge is 0.335 e. The van der Waals surface area contributed by atoms with Crippen molar-refractivity contribution in [3.8, 4) is 0 Å². The molecule has 0 spiro atoms. The Bertz CT molecular complexity index is 395. The van der Waals surface area contributed by atoms with E-state index in [4.69, 9.17) is 5.11 Å². The van der Waals surface area contributed by atoms with Crippen LogP contribution in [0.15, 0.2) is 23.2 Å². The molecule has 2 heterocycles. The van der Waals surface area contributed by atoms with Crippen LogP contribution in [0.5, 0.6) is 0 Å². The molecule has 80 valence electrons. The van der Waals surface area contributed by atoms with E-state index in [0.717, 1.165) is 0 Å². The van der Waals surface area contributed by atoms with Gasteiger partial charge in [0.05, 0.1) is 5.57 Å². The Balaban J connectivity index is 2.46.